The lowest BCUT2D eigenvalue weighted by Crippen LogP contribution is -2.40. The average molecular weight is 344 g/mol. The number of imidazole rings is 1. The summed E-state index contributed by atoms with van der Waals surface area (Å²) in [5.74, 6) is 0.905. The van der Waals surface area contributed by atoms with Gasteiger partial charge in [0.15, 0.2) is 0 Å². The molecule has 2 aromatic rings. The molecule has 0 aliphatic carbocycles. The Kier molecular flexibility index (Phi) is 7.01. The molecule has 6 heteroatoms. The summed E-state index contributed by atoms with van der Waals surface area (Å²) in [7, 11) is 0. The molecule has 0 saturated heterocycles. The van der Waals surface area contributed by atoms with Gasteiger partial charge < -0.3 is 20.3 Å². The molecular formula is C19H28N4O2. The first-order valence-electron chi connectivity index (χ1n) is 8.85. The molecule has 1 aromatic heterocycles. The van der Waals surface area contributed by atoms with Crippen LogP contribution in [-0.4, -0.2) is 33.3 Å². The van der Waals surface area contributed by atoms with Gasteiger partial charge in [0.05, 0.1) is 0 Å². The second-order valence-corrected chi connectivity index (χ2v) is 6.43. The molecule has 136 valence electrons. The predicted octanol–water partition coefficient (Wildman–Crippen LogP) is 3.49. The van der Waals surface area contributed by atoms with Gasteiger partial charge in [-0.3, -0.25) is 0 Å². The second kappa shape index (κ2) is 9.22. The standard InChI is InChI=1S/C19H28N4O2/c1-4-5-10-23-11-9-20-18(23)16-7-6-8-17(12-16)22-19(25)21-15(3)14(2)13-24/h6-9,11-12,14-15,24H,4-5,10,13H2,1-3H3,(H2,21,22,25). The molecule has 0 radical (unpaired) electrons. The molecule has 0 aliphatic heterocycles. The highest BCUT2D eigenvalue weighted by Crippen LogP contribution is 2.21. The number of rotatable bonds is 8. The van der Waals surface area contributed by atoms with Crippen LogP contribution in [0.5, 0.6) is 0 Å². The van der Waals surface area contributed by atoms with Crippen LogP contribution in [0, 0.1) is 5.92 Å². The highest BCUT2D eigenvalue weighted by Gasteiger charge is 2.14. The fraction of sp³-hybridized carbons (Fsp3) is 0.474. The molecule has 0 saturated carbocycles. The van der Waals surface area contributed by atoms with Crippen LogP contribution in [0.15, 0.2) is 36.7 Å². The van der Waals surface area contributed by atoms with Gasteiger partial charge in [0, 0.05) is 42.8 Å². The van der Waals surface area contributed by atoms with Gasteiger partial charge in [-0.15, -0.1) is 0 Å². The minimum Gasteiger partial charge on any atom is -0.396 e. The third-order valence-electron chi connectivity index (χ3n) is 4.35. The second-order valence-electron chi connectivity index (χ2n) is 6.43. The zero-order valence-corrected chi connectivity index (χ0v) is 15.2. The molecule has 3 N–H and O–H groups in total. The summed E-state index contributed by atoms with van der Waals surface area (Å²) in [5, 5.41) is 14.8. The SMILES string of the molecule is CCCCn1ccnc1-c1cccc(NC(=O)NC(C)C(C)CO)c1. The first-order chi connectivity index (χ1) is 12.0. The number of aliphatic hydroxyl groups is 1. The number of benzene rings is 1. The van der Waals surface area contributed by atoms with E-state index in [0.29, 0.717) is 5.69 Å². The number of anilines is 1. The average Bonchev–Trinajstić information content (AvgIpc) is 3.07. The number of urea groups is 1. The predicted molar refractivity (Wildman–Crippen MR) is 100 cm³/mol. The van der Waals surface area contributed by atoms with Crippen molar-refractivity contribution in [3.63, 3.8) is 0 Å². The Morgan fingerprint density at radius 1 is 1.36 bits per heavy atom. The molecular weight excluding hydrogens is 316 g/mol. The van der Waals surface area contributed by atoms with Crippen molar-refractivity contribution < 1.29 is 9.90 Å². The Balaban J connectivity index is 2.06. The molecule has 0 spiro atoms. The summed E-state index contributed by atoms with van der Waals surface area (Å²) >= 11 is 0. The van der Waals surface area contributed by atoms with Crippen LogP contribution in [0.1, 0.15) is 33.6 Å². The Morgan fingerprint density at radius 2 is 2.16 bits per heavy atom. The maximum absolute atomic E-state index is 12.1. The normalized spacial score (nSPS) is 13.3. The van der Waals surface area contributed by atoms with E-state index in [2.05, 4.69) is 27.1 Å². The Labute approximate surface area is 149 Å². The number of nitrogens with zero attached hydrogens (tertiary/aromatic N) is 2. The number of aryl methyl sites for hydroxylation is 1. The van der Waals surface area contributed by atoms with E-state index in [-0.39, 0.29) is 24.6 Å². The minimum atomic E-state index is -0.278. The molecule has 0 fully saturated rings. The fourth-order valence-corrected chi connectivity index (χ4v) is 2.49. The fourth-order valence-electron chi connectivity index (χ4n) is 2.49. The zero-order valence-electron chi connectivity index (χ0n) is 15.2. The maximum atomic E-state index is 12.1. The highest BCUT2D eigenvalue weighted by molar-refractivity contribution is 5.90. The van der Waals surface area contributed by atoms with E-state index in [1.807, 2.05) is 44.3 Å². The summed E-state index contributed by atoms with van der Waals surface area (Å²) < 4.78 is 2.13. The summed E-state index contributed by atoms with van der Waals surface area (Å²) in [6, 6.07) is 7.28. The third kappa shape index (κ3) is 5.32. The van der Waals surface area contributed by atoms with Crippen molar-refractivity contribution in [2.24, 2.45) is 5.92 Å². The highest BCUT2D eigenvalue weighted by atomic mass is 16.3. The lowest BCUT2D eigenvalue weighted by molar-refractivity contribution is 0.204. The van der Waals surface area contributed by atoms with Crippen LogP contribution < -0.4 is 10.6 Å². The number of aliphatic hydroxyl groups excluding tert-OH is 1. The molecule has 2 rings (SSSR count). The van der Waals surface area contributed by atoms with Crippen molar-refractivity contribution in [3.8, 4) is 11.4 Å². The number of hydrogen-bond donors (Lipinski definition) is 3. The largest absolute Gasteiger partial charge is 0.396 e. The molecule has 2 amide bonds. The Morgan fingerprint density at radius 3 is 2.88 bits per heavy atom. The van der Waals surface area contributed by atoms with Crippen molar-refractivity contribution in [2.45, 2.75) is 46.2 Å². The van der Waals surface area contributed by atoms with Gasteiger partial charge in [-0.05, 0) is 31.4 Å². The van der Waals surface area contributed by atoms with Crippen molar-refractivity contribution >= 4 is 11.7 Å². The molecule has 25 heavy (non-hydrogen) atoms. The minimum absolute atomic E-state index is 0.00290. The molecule has 6 nitrogen and oxygen atoms in total. The van der Waals surface area contributed by atoms with E-state index < -0.39 is 0 Å². The number of hydrogen-bond acceptors (Lipinski definition) is 3. The first kappa shape index (κ1) is 19.0. The van der Waals surface area contributed by atoms with E-state index in [4.69, 9.17) is 5.11 Å². The molecule has 1 heterocycles. The summed E-state index contributed by atoms with van der Waals surface area (Å²) in [6.45, 7) is 6.90. The zero-order chi connectivity index (χ0) is 18.2. The Bertz CT molecular complexity index is 684. The lowest BCUT2D eigenvalue weighted by Gasteiger charge is -2.19. The van der Waals surface area contributed by atoms with Gasteiger partial charge in [0.2, 0.25) is 0 Å². The van der Waals surface area contributed by atoms with Gasteiger partial charge >= 0.3 is 6.03 Å². The molecule has 1 aromatic carbocycles. The van der Waals surface area contributed by atoms with Crippen molar-refractivity contribution in [1.82, 2.24) is 14.9 Å². The van der Waals surface area contributed by atoms with Crippen LogP contribution in [-0.2, 0) is 6.54 Å². The Hall–Kier alpha value is -2.34. The lowest BCUT2D eigenvalue weighted by atomic mass is 10.1. The molecule has 2 atom stereocenters. The topological polar surface area (TPSA) is 79.2 Å². The van der Waals surface area contributed by atoms with E-state index in [9.17, 15) is 4.79 Å². The number of carbonyl (C=O) groups excluding carboxylic acids is 1. The van der Waals surface area contributed by atoms with Crippen LogP contribution in [0.2, 0.25) is 0 Å². The summed E-state index contributed by atoms with van der Waals surface area (Å²) in [6.07, 6.45) is 6.01. The van der Waals surface area contributed by atoms with Gasteiger partial charge in [0.25, 0.3) is 0 Å². The van der Waals surface area contributed by atoms with Crippen molar-refractivity contribution in [1.29, 1.82) is 0 Å². The monoisotopic (exact) mass is 344 g/mol. The van der Waals surface area contributed by atoms with Crippen LogP contribution in [0.25, 0.3) is 11.4 Å². The van der Waals surface area contributed by atoms with Crippen molar-refractivity contribution in [3.05, 3.63) is 36.7 Å². The third-order valence-corrected chi connectivity index (χ3v) is 4.35. The van der Waals surface area contributed by atoms with Crippen LogP contribution >= 0.6 is 0 Å². The smallest absolute Gasteiger partial charge is 0.319 e. The molecule has 0 bridgehead atoms. The van der Waals surface area contributed by atoms with Gasteiger partial charge in [-0.1, -0.05) is 32.4 Å². The van der Waals surface area contributed by atoms with Crippen LogP contribution in [0.4, 0.5) is 10.5 Å². The van der Waals surface area contributed by atoms with Gasteiger partial charge in [-0.25, -0.2) is 9.78 Å². The summed E-state index contributed by atoms with van der Waals surface area (Å²) in [5.41, 5.74) is 1.68. The van der Waals surface area contributed by atoms with Crippen molar-refractivity contribution in [2.75, 3.05) is 11.9 Å². The number of amides is 2. The summed E-state index contributed by atoms with van der Waals surface area (Å²) in [4.78, 5) is 16.6. The quantitative estimate of drug-likeness (QED) is 0.686. The van der Waals surface area contributed by atoms with E-state index >= 15 is 0 Å². The molecule has 2 unspecified atom stereocenters. The van der Waals surface area contributed by atoms with E-state index in [0.717, 1.165) is 30.8 Å². The van der Waals surface area contributed by atoms with Gasteiger partial charge in [-0.2, -0.15) is 0 Å². The number of carbonyl (C=O) groups is 1. The molecule has 0 aliphatic rings. The van der Waals surface area contributed by atoms with Gasteiger partial charge in [0.1, 0.15) is 5.82 Å². The van der Waals surface area contributed by atoms with E-state index in [1.165, 1.54) is 0 Å². The first-order valence-corrected chi connectivity index (χ1v) is 8.85. The maximum Gasteiger partial charge on any atom is 0.319 e. The van der Waals surface area contributed by atoms with Crippen LogP contribution in [0.3, 0.4) is 0 Å². The van der Waals surface area contributed by atoms with E-state index in [1.54, 1.807) is 6.20 Å². The number of nitrogens with one attached hydrogen (secondary N) is 2. The number of aromatic nitrogens is 2. The number of unbranched alkanes of at least 4 members (excludes halogenated alkanes) is 1.